The van der Waals surface area contributed by atoms with Gasteiger partial charge in [-0.25, -0.2) is 0 Å². The molecule has 0 unspecified atom stereocenters. The van der Waals surface area contributed by atoms with Gasteiger partial charge in [-0.15, -0.1) is 5.10 Å². The van der Waals surface area contributed by atoms with Crippen molar-refractivity contribution in [2.24, 2.45) is 0 Å². The average molecular weight is 193 g/mol. The Morgan fingerprint density at radius 2 is 2.07 bits per heavy atom. The Hall–Kier alpha value is -1.71. The van der Waals surface area contributed by atoms with E-state index in [4.69, 9.17) is 10.5 Å². The van der Waals surface area contributed by atoms with Gasteiger partial charge in [0.2, 0.25) is 5.88 Å². The Morgan fingerprint density at radius 3 is 2.71 bits per heavy atom. The van der Waals surface area contributed by atoms with Crippen molar-refractivity contribution in [2.75, 3.05) is 12.8 Å². The maximum atomic E-state index is 5.61. The minimum Gasteiger partial charge on any atom is -0.480 e. The molecule has 0 spiro atoms. The van der Waals surface area contributed by atoms with Crippen LogP contribution in [-0.2, 0) is 0 Å². The quantitative estimate of drug-likeness (QED) is 0.682. The van der Waals surface area contributed by atoms with E-state index in [0.717, 1.165) is 10.9 Å². The highest BCUT2D eigenvalue weighted by atomic mass is 16.5. The van der Waals surface area contributed by atoms with Crippen LogP contribution in [0.4, 0.5) is 5.69 Å². The van der Waals surface area contributed by atoms with E-state index in [1.807, 2.05) is 32.0 Å². The Balaban J connectivity index is 0.000000461. The highest BCUT2D eigenvalue weighted by Crippen LogP contribution is 2.23. The number of H-pyrrole nitrogens is 1. The van der Waals surface area contributed by atoms with Crippen molar-refractivity contribution in [2.45, 2.75) is 13.8 Å². The van der Waals surface area contributed by atoms with Crippen molar-refractivity contribution in [1.82, 2.24) is 10.2 Å². The monoisotopic (exact) mass is 193 g/mol. The zero-order chi connectivity index (χ0) is 10.6. The smallest absolute Gasteiger partial charge is 0.240 e. The third-order valence-corrected chi connectivity index (χ3v) is 1.75. The Kier molecular flexibility index (Phi) is 3.34. The predicted molar refractivity (Wildman–Crippen MR) is 58.4 cm³/mol. The van der Waals surface area contributed by atoms with Crippen LogP contribution in [0.3, 0.4) is 0 Å². The van der Waals surface area contributed by atoms with Gasteiger partial charge in [0, 0.05) is 5.69 Å². The summed E-state index contributed by atoms with van der Waals surface area (Å²) in [6, 6.07) is 5.53. The molecule has 2 aromatic rings. The fourth-order valence-electron chi connectivity index (χ4n) is 1.16. The molecule has 76 valence electrons. The minimum absolute atomic E-state index is 0.581. The largest absolute Gasteiger partial charge is 0.480 e. The number of aromatic amines is 1. The number of methoxy groups -OCH3 is 1. The fourth-order valence-corrected chi connectivity index (χ4v) is 1.16. The summed E-state index contributed by atoms with van der Waals surface area (Å²) in [4.78, 5) is 0. The number of hydrogen-bond acceptors (Lipinski definition) is 3. The van der Waals surface area contributed by atoms with Gasteiger partial charge in [0.05, 0.1) is 18.0 Å². The van der Waals surface area contributed by atoms with Crippen LogP contribution < -0.4 is 10.5 Å². The number of nitrogens with zero attached hydrogens (tertiary/aromatic N) is 1. The van der Waals surface area contributed by atoms with E-state index in [1.165, 1.54) is 0 Å². The number of benzene rings is 1. The summed E-state index contributed by atoms with van der Waals surface area (Å²) in [7, 11) is 1.58. The lowest BCUT2D eigenvalue weighted by molar-refractivity contribution is 0.401. The molecule has 0 bridgehead atoms. The summed E-state index contributed by atoms with van der Waals surface area (Å²) in [5, 5.41) is 7.70. The lowest BCUT2D eigenvalue weighted by Gasteiger charge is -1.94. The van der Waals surface area contributed by atoms with Crippen molar-refractivity contribution in [3.8, 4) is 5.88 Å². The lowest BCUT2D eigenvalue weighted by atomic mass is 10.2. The summed E-state index contributed by atoms with van der Waals surface area (Å²) in [5.41, 5.74) is 7.25. The highest BCUT2D eigenvalue weighted by molar-refractivity contribution is 5.86. The van der Waals surface area contributed by atoms with Gasteiger partial charge in [0.15, 0.2) is 0 Å². The number of rotatable bonds is 1. The molecule has 0 saturated heterocycles. The van der Waals surface area contributed by atoms with Crippen LogP contribution in [-0.4, -0.2) is 17.3 Å². The number of hydrogen-bond donors (Lipinski definition) is 2. The first-order valence-electron chi connectivity index (χ1n) is 4.59. The second-order valence-corrected chi connectivity index (χ2v) is 2.54. The first kappa shape index (κ1) is 10.4. The fraction of sp³-hybridized carbons (Fsp3) is 0.300. The molecule has 1 heterocycles. The average Bonchev–Trinajstić information content (AvgIpc) is 2.63. The molecule has 0 aliphatic rings. The number of anilines is 1. The Morgan fingerprint density at radius 1 is 1.36 bits per heavy atom. The van der Waals surface area contributed by atoms with Crippen LogP contribution in [0, 0.1) is 0 Å². The predicted octanol–water partition coefficient (Wildman–Crippen LogP) is 2.18. The van der Waals surface area contributed by atoms with Gasteiger partial charge in [-0.1, -0.05) is 13.8 Å². The number of nitrogen functional groups attached to an aromatic ring is 1. The molecule has 0 aliphatic heterocycles. The Bertz CT molecular complexity index is 409. The third-order valence-electron chi connectivity index (χ3n) is 1.75. The number of nitrogens with one attached hydrogen (secondary N) is 1. The second kappa shape index (κ2) is 4.50. The maximum Gasteiger partial charge on any atom is 0.240 e. The van der Waals surface area contributed by atoms with Gasteiger partial charge in [-0.2, -0.15) is 0 Å². The van der Waals surface area contributed by atoms with Gasteiger partial charge in [0.25, 0.3) is 0 Å². The number of aromatic nitrogens is 2. The topological polar surface area (TPSA) is 63.9 Å². The van der Waals surface area contributed by atoms with E-state index < -0.39 is 0 Å². The van der Waals surface area contributed by atoms with Crippen LogP contribution in [0.5, 0.6) is 5.88 Å². The molecular formula is C10H15N3O. The molecule has 0 saturated carbocycles. The van der Waals surface area contributed by atoms with E-state index in [0.29, 0.717) is 11.6 Å². The molecule has 4 nitrogen and oxygen atoms in total. The van der Waals surface area contributed by atoms with Gasteiger partial charge < -0.3 is 10.5 Å². The molecule has 3 N–H and O–H groups in total. The minimum atomic E-state index is 0.581. The summed E-state index contributed by atoms with van der Waals surface area (Å²) < 4.78 is 5.02. The second-order valence-electron chi connectivity index (χ2n) is 2.54. The van der Waals surface area contributed by atoms with Crippen molar-refractivity contribution in [3.05, 3.63) is 18.2 Å². The van der Waals surface area contributed by atoms with E-state index >= 15 is 0 Å². The van der Waals surface area contributed by atoms with Crippen LogP contribution in [0.25, 0.3) is 10.9 Å². The summed E-state index contributed by atoms with van der Waals surface area (Å²) in [6.45, 7) is 4.00. The summed E-state index contributed by atoms with van der Waals surface area (Å²) in [6.07, 6.45) is 0. The van der Waals surface area contributed by atoms with E-state index in [-0.39, 0.29) is 0 Å². The van der Waals surface area contributed by atoms with E-state index in [1.54, 1.807) is 7.11 Å². The van der Waals surface area contributed by atoms with Crippen molar-refractivity contribution in [1.29, 1.82) is 0 Å². The van der Waals surface area contributed by atoms with Crippen molar-refractivity contribution >= 4 is 16.6 Å². The van der Waals surface area contributed by atoms with Crippen LogP contribution in [0.1, 0.15) is 13.8 Å². The summed E-state index contributed by atoms with van der Waals surface area (Å²) in [5.74, 6) is 0.581. The first-order chi connectivity index (χ1) is 6.81. The maximum absolute atomic E-state index is 5.61. The standard InChI is InChI=1S/C8H9N3O.C2H6/c1-12-8-6-4-5(9)2-3-7(6)10-11-8;1-2/h2-4H,9H2,1H3,(H,10,11);1-2H3. The molecule has 14 heavy (non-hydrogen) atoms. The molecule has 0 atom stereocenters. The molecule has 0 fully saturated rings. The number of ether oxygens (including phenoxy) is 1. The van der Waals surface area contributed by atoms with Gasteiger partial charge in [-0.3, -0.25) is 5.10 Å². The lowest BCUT2D eigenvalue weighted by Crippen LogP contribution is -1.84. The number of nitrogens with two attached hydrogens (primary N) is 1. The molecule has 1 aromatic heterocycles. The third kappa shape index (κ3) is 1.79. The molecule has 2 rings (SSSR count). The molecule has 1 aromatic carbocycles. The normalized spacial score (nSPS) is 9.36. The van der Waals surface area contributed by atoms with E-state index in [9.17, 15) is 0 Å². The summed E-state index contributed by atoms with van der Waals surface area (Å²) >= 11 is 0. The van der Waals surface area contributed by atoms with Gasteiger partial charge in [0.1, 0.15) is 0 Å². The van der Waals surface area contributed by atoms with Crippen LogP contribution >= 0.6 is 0 Å². The molecule has 4 heteroatoms. The number of fused-ring (bicyclic) bond motifs is 1. The SMILES string of the molecule is CC.COc1n[nH]c2ccc(N)cc12. The zero-order valence-electron chi connectivity index (χ0n) is 8.66. The molecule has 0 aliphatic carbocycles. The van der Waals surface area contributed by atoms with Gasteiger partial charge in [-0.05, 0) is 18.2 Å². The molecule has 0 amide bonds. The highest BCUT2D eigenvalue weighted by Gasteiger charge is 2.04. The molecule has 0 radical (unpaired) electrons. The van der Waals surface area contributed by atoms with Gasteiger partial charge >= 0.3 is 0 Å². The van der Waals surface area contributed by atoms with Crippen molar-refractivity contribution < 1.29 is 4.74 Å². The van der Waals surface area contributed by atoms with Crippen molar-refractivity contribution in [3.63, 3.8) is 0 Å². The zero-order valence-corrected chi connectivity index (χ0v) is 8.66. The van der Waals surface area contributed by atoms with Crippen LogP contribution in [0.15, 0.2) is 18.2 Å². The Labute approximate surface area is 83.1 Å². The first-order valence-corrected chi connectivity index (χ1v) is 4.59. The molecular weight excluding hydrogens is 178 g/mol. The van der Waals surface area contributed by atoms with E-state index in [2.05, 4.69) is 10.2 Å². The van der Waals surface area contributed by atoms with Crippen LogP contribution in [0.2, 0.25) is 0 Å².